The van der Waals surface area contributed by atoms with E-state index in [0.717, 1.165) is 97.1 Å². The van der Waals surface area contributed by atoms with Crippen LogP contribution in [0.4, 0.5) is 0 Å². The van der Waals surface area contributed by atoms with Gasteiger partial charge in [0.25, 0.3) is 0 Å². The average molecular weight is 1250 g/mol. The van der Waals surface area contributed by atoms with Crippen LogP contribution >= 0.6 is 0 Å². The average Bonchev–Trinajstić information content (AvgIpc) is 3.79. The van der Waals surface area contributed by atoms with E-state index in [-0.39, 0.29) is 0 Å². The van der Waals surface area contributed by atoms with E-state index in [1.165, 1.54) is 180 Å². The third-order valence-electron chi connectivity index (χ3n) is 17.4. The highest BCUT2D eigenvalue weighted by Gasteiger charge is 2.11. The molecule has 4 aromatic heterocycles. The van der Waals surface area contributed by atoms with Crippen molar-refractivity contribution in [2.45, 2.75) is 245 Å². The van der Waals surface area contributed by atoms with Crippen LogP contribution in [-0.2, 0) is 39.3 Å². The maximum Gasteiger partial charge on any atom is 0.168 e. The molecule has 4 heterocycles. The Balaban J connectivity index is 0.817. The lowest BCUT2D eigenvalue weighted by atomic mass is 10.1. The van der Waals surface area contributed by atoms with Gasteiger partial charge in [0.1, 0.15) is 26.2 Å². The highest BCUT2D eigenvalue weighted by molar-refractivity contribution is 5.81. The van der Waals surface area contributed by atoms with Gasteiger partial charge in [-0.1, -0.05) is 177 Å². The fourth-order valence-electron chi connectivity index (χ4n) is 11.8. The van der Waals surface area contributed by atoms with Crippen LogP contribution in [0.15, 0.2) is 193 Å². The summed E-state index contributed by atoms with van der Waals surface area (Å²) in [5.74, 6) is 3.31. The molecule has 7 aromatic rings. The number of unbranched alkanes of at least 4 members (excludes halogenated alkanes) is 28. The first-order valence-electron chi connectivity index (χ1n) is 36.4. The largest absolute Gasteiger partial charge is 0.490 e. The molecule has 0 N–H and O–H groups in total. The Morgan fingerprint density at radius 3 is 0.728 bits per heavy atom. The molecule has 0 saturated carbocycles. The second-order valence-corrected chi connectivity index (χ2v) is 25.3. The van der Waals surface area contributed by atoms with Crippen LogP contribution in [0.25, 0.3) is 0 Å². The van der Waals surface area contributed by atoms with E-state index in [9.17, 15) is 0 Å². The van der Waals surface area contributed by atoms with Gasteiger partial charge < -0.3 is 18.9 Å². The topological polar surface area (TPSA) is 77.2 Å². The van der Waals surface area contributed by atoms with E-state index in [0.29, 0.717) is 39.5 Å². The molecule has 10 heteroatoms. The summed E-state index contributed by atoms with van der Waals surface area (Å²) in [6, 6.07) is 46.5. The van der Waals surface area contributed by atoms with Gasteiger partial charge in [-0.2, -0.15) is 0 Å². The van der Waals surface area contributed by atoms with Crippen molar-refractivity contribution in [1.82, 2.24) is 0 Å². The molecule has 3 aromatic carbocycles. The van der Waals surface area contributed by atoms with Gasteiger partial charge in [0.15, 0.2) is 72.6 Å². The van der Waals surface area contributed by atoms with E-state index < -0.39 is 0 Å². The summed E-state index contributed by atoms with van der Waals surface area (Å²) in [6.07, 6.45) is 61.1. The third-order valence-corrected chi connectivity index (χ3v) is 17.4. The third kappa shape index (κ3) is 33.4. The van der Waals surface area contributed by atoms with Crippen LogP contribution in [0.5, 0.6) is 23.0 Å². The van der Waals surface area contributed by atoms with Crippen molar-refractivity contribution >= 4 is 12.4 Å². The Morgan fingerprint density at radius 1 is 0.239 bits per heavy atom. The van der Waals surface area contributed by atoms with Crippen molar-refractivity contribution in [2.75, 3.05) is 26.4 Å². The highest BCUT2D eigenvalue weighted by atomic mass is 16.5. The standard InChI is InChI=1S/C82H116N6O4/c1(9-17-29-53-85-57-33-25-34-58-85)5-13-21-41-65-89-79-51-49-77(69-81(79)91-67-43-23-15-7-3-11-19-31-55-87-61-37-27-38-62-87)73-83-71-75-45-47-76(48-46-75)72-84-74-78-50-52-80(90-66-42-22-14-6-2-10-18-30-54-86-59-35-26-36-60-86)82(70-78)92-68-44-24-16-8-4-12-20-32-56-88-63-39-28-40-64-88/h25-28,33-40,45-52,57-64,69-70,73-74H,1-24,29-32,41-44,53-56,65-68,71-72H2/q+4. The van der Waals surface area contributed by atoms with Crippen LogP contribution in [0.2, 0.25) is 0 Å². The number of aryl methyl sites for hydroxylation is 4. The molecule has 0 bridgehead atoms. The van der Waals surface area contributed by atoms with Crippen molar-refractivity contribution in [2.24, 2.45) is 9.98 Å². The fraction of sp³-hybridized carbons (Fsp3) is 0.512. The van der Waals surface area contributed by atoms with Crippen molar-refractivity contribution in [3.63, 3.8) is 0 Å². The summed E-state index contributed by atoms with van der Waals surface area (Å²) in [7, 11) is 0. The van der Waals surface area contributed by atoms with E-state index in [1.807, 2.05) is 12.4 Å². The molecule has 0 aliphatic heterocycles. The van der Waals surface area contributed by atoms with Gasteiger partial charge in [0.05, 0.1) is 39.5 Å². The molecule has 0 atom stereocenters. The van der Waals surface area contributed by atoms with Gasteiger partial charge in [-0.05, 0) is 110 Å². The summed E-state index contributed by atoms with van der Waals surface area (Å²) in [4.78, 5) is 9.76. The molecule has 0 saturated heterocycles. The summed E-state index contributed by atoms with van der Waals surface area (Å²) in [5.41, 5.74) is 4.36. The normalized spacial score (nSPS) is 11.5. The zero-order chi connectivity index (χ0) is 63.5. The van der Waals surface area contributed by atoms with Gasteiger partial charge in [-0.15, -0.1) is 0 Å². The van der Waals surface area contributed by atoms with Gasteiger partial charge in [0.2, 0.25) is 0 Å². The van der Waals surface area contributed by atoms with Crippen LogP contribution in [0.1, 0.15) is 228 Å². The van der Waals surface area contributed by atoms with Gasteiger partial charge in [-0.3, -0.25) is 9.98 Å². The Hall–Kier alpha value is -7.20. The predicted octanol–water partition coefficient (Wildman–Crippen LogP) is 18.9. The van der Waals surface area contributed by atoms with Gasteiger partial charge >= 0.3 is 0 Å². The Morgan fingerprint density at radius 2 is 0.467 bits per heavy atom. The molecule has 92 heavy (non-hydrogen) atoms. The number of aromatic nitrogens is 4. The molecule has 494 valence electrons. The van der Waals surface area contributed by atoms with Crippen molar-refractivity contribution in [3.8, 4) is 23.0 Å². The summed E-state index contributed by atoms with van der Waals surface area (Å²) in [6.45, 7) is 8.43. The van der Waals surface area contributed by atoms with Crippen LogP contribution < -0.4 is 37.2 Å². The zero-order valence-electron chi connectivity index (χ0n) is 56.5. The summed E-state index contributed by atoms with van der Waals surface area (Å²) in [5, 5.41) is 0. The quantitative estimate of drug-likeness (QED) is 0.0216. The molecular weight excluding hydrogens is 1130 g/mol. The molecule has 7 rings (SSSR count). The van der Waals surface area contributed by atoms with Gasteiger partial charge in [0, 0.05) is 86.6 Å². The number of hydrogen-bond acceptors (Lipinski definition) is 6. The smallest absolute Gasteiger partial charge is 0.168 e. The molecule has 0 spiro atoms. The Bertz CT molecular complexity index is 2760. The van der Waals surface area contributed by atoms with Crippen molar-refractivity contribution in [1.29, 1.82) is 0 Å². The summed E-state index contributed by atoms with van der Waals surface area (Å²) < 4.78 is 34.9. The number of pyridine rings is 4. The number of rotatable bonds is 54. The lowest BCUT2D eigenvalue weighted by Gasteiger charge is -2.14. The Labute approximate surface area is 556 Å². The molecule has 10 nitrogen and oxygen atoms in total. The highest BCUT2D eigenvalue weighted by Crippen LogP contribution is 2.31. The van der Waals surface area contributed by atoms with Crippen LogP contribution in [-0.4, -0.2) is 38.9 Å². The number of aliphatic imine (C=N–C) groups is 2. The fourth-order valence-corrected chi connectivity index (χ4v) is 11.8. The van der Waals surface area contributed by atoms with Crippen LogP contribution in [0, 0.1) is 0 Å². The second kappa shape index (κ2) is 48.5. The minimum absolute atomic E-state index is 0.595. The SMILES string of the molecule is C(=NCc1ccc(CN=Cc2ccc(OCCCCCCCCCC[n+]3ccccc3)c(OCCCCCCCCCC[n+]3ccccc3)c2)cc1)c1ccc(OCCCCCCCCCC[n+]2ccccc2)c(OCCCCCCCCCC[n+]2ccccc2)c1. The molecular formula is C82H116N6O4+4. The Kier molecular flexibility index (Phi) is 38.1. The second-order valence-electron chi connectivity index (χ2n) is 25.3. The minimum atomic E-state index is 0.595. The lowest BCUT2D eigenvalue weighted by molar-refractivity contribution is -0.697. The number of benzene rings is 3. The first-order chi connectivity index (χ1) is 45.7. The van der Waals surface area contributed by atoms with E-state index in [4.69, 9.17) is 28.9 Å². The number of nitrogens with zero attached hydrogens (tertiary/aromatic N) is 6. The lowest BCUT2D eigenvalue weighted by Crippen LogP contribution is -2.32. The molecule has 0 amide bonds. The predicted molar refractivity (Wildman–Crippen MR) is 378 cm³/mol. The first kappa shape index (κ1) is 72.2. The van der Waals surface area contributed by atoms with Gasteiger partial charge in [-0.25, -0.2) is 18.3 Å². The van der Waals surface area contributed by atoms with Crippen molar-refractivity contribution in [3.05, 3.63) is 205 Å². The molecule has 0 aliphatic carbocycles. The summed E-state index contributed by atoms with van der Waals surface area (Å²) >= 11 is 0. The molecule has 0 unspecified atom stereocenters. The number of ether oxygens (including phenoxy) is 4. The maximum absolute atomic E-state index is 6.48. The maximum atomic E-state index is 6.48. The first-order valence-corrected chi connectivity index (χ1v) is 36.4. The molecule has 0 fully saturated rings. The molecule has 0 radical (unpaired) electrons. The number of hydrogen-bond donors (Lipinski definition) is 0. The van der Waals surface area contributed by atoms with E-state index in [1.54, 1.807) is 0 Å². The van der Waals surface area contributed by atoms with E-state index in [2.05, 4.69) is 201 Å². The van der Waals surface area contributed by atoms with Crippen molar-refractivity contribution < 1.29 is 37.2 Å². The van der Waals surface area contributed by atoms with E-state index >= 15 is 0 Å². The zero-order valence-corrected chi connectivity index (χ0v) is 56.5. The minimum Gasteiger partial charge on any atom is -0.490 e. The van der Waals surface area contributed by atoms with Crippen LogP contribution in [0.3, 0.4) is 0 Å². The molecule has 0 aliphatic rings. The monoisotopic (exact) mass is 1250 g/mol.